The molecule has 13 rings (SSSR count). The molecule has 3 amide bonds. The van der Waals surface area contributed by atoms with Crippen molar-refractivity contribution in [2.24, 2.45) is 5.92 Å². The molecule has 0 aliphatic carbocycles. The quantitative estimate of drug-likeness (QED) is 0.0626. The number of rotatable bonds is 18. The Bertz CT molecular complexity index is 3770. The van der Waals surface area contributed by atoms with Gasteiger partial charge in [-0.1, -0.05) is 63.2 Å². The molecule has 4 N–H and O–H groups in total. The molecule has 6 aliphatic heterocycles. The molecule has 7 aromatic rings. The summed E-state index contributed by atoms with van der Waals surface area (Å²) in [5.41, 5.74) is 4.19. The Morgan fingerprint density at radius 1 is 0.933 bits per heavy atom. The highest BCUT2D eigenvalue weighted by molar-refractivity contribution is 7.13. The molecule has 20 nitrogen and oxygen atoms in total. The Hall–Kier alpha value is -7.60. The number of benzene rings is 3. The van der Waals surface area contributed by atoms with Gasteiger partial charge in [-0.3, -0.25) is 19.5 Å². The second-order valence-electron chi connectivity index (χ2n) is 25.7. The minimum absolute atomic E-state index is 0.000414. The van der Waals surface area contributed by atoms with Crippen LogP contribution in [0.15, 0.2) is 76.9 Å². The number of phenols is 1. The van der Waals surface area contributed by atoms with Crippen LogP contribution in [-0.4, -0.2) is 168 Å². The molecule has 4 aromatic heterocycles. The molecule has 2 unspecified atom stereocenters. The number of amides is 3. The van der Waals surface area contributed by atoms with E-state index in [9.17, 15) is 24.6 Å². The summed E-state index contributed by atoms with van der Waals surface area (Å²) in [7, 11) is 0. The monoisotopic (exact) mass is 1240 g/mol. The minimum atomic E-state index is -1.79. The number of phenolic OH excluding ortho intramolecular Hbond substituents is 1. The molecule has 470 valence electrons. The summed E-state index contributed by atoms with van der Waals surface area (Å²) in [6, 6.07) is 17.8. The summed E-state index contributed by atoms with van der Waals surface area (Å²) in [4.78, 5) is 69.3. The number of aliphatic hydroxyl groups is 1. The number of carbonyl (C=O) groups excluding carboxylic acids is 3. The fourth-order valence-electron chi connectivity index (χ4n) is 14.7. The van der Waals surface area contributed by atoms with Gasteiger partial charge in [0.15, 0.2) is 11.6 Å². The van der Waals surface area contributed by atoms with Gasteiger partial charge in [0.1, 0.15) is 60.2 Å². The summed E-state index contributed by atoms with van der Waals surface area (Å²) in [6.07, 6.45) is 6.40. The zero-order chi connectivity index (χ0) is 61.9. The van der Waals surface area contributed by atoms with Gasteiger partial charge in [0, 0.05) is 87.9 Å². The largest absolute Gasteiger partial charge is 0.508 e. The SMILES string of the molecule is CCc1cccc2cc(O)cc(-c3ncc4c(N5CC6CCC(C5)N6)nc(OC[C@@]56CCCN5[C@H](COC(=O)N5CCC(F)(COc7cc([C@H](C(=O)N8C[C@H](O)C[C@H]8C(=O)N[C@@H](C)c8ccc(-c9scnc9C)cc8)C(C)C)on7)CC5)CC6)nc4c3F)c12. The van der Waals surface area contributed by atoms with Crippen LogP contribution in [-0.2, 0) is 20.7 Å². The first-order valence-electron chi connectivity index (χ1n) is 31.4. The first-order chi connectivity index (χ1) is 42.9. The molecule has 89 heavy (non-hydrogen) atoms. The minimum Gasteiger partial charge on any atom is -0.508 e. The van der Waals surface area contributed by atoms with Crippen LogP contribution in [0.4, 0.5) is 19.4 Å². The Morgan fingerprint density at radius 3 is 2.46 bits per heavy atom. The smallest absolute Gasteiger partial charge is 0.409 e. The maximum atomic E-state index is 17.4. The number of halogens is 2. The van der Waals surface area contributed by atoms with Crippen molar-refractivity contribution in [1.82, 2.24) is 50.4 Å². The molecule has 6 aliphatic rings. The predicted octanol–water partition coefficient (Wildman–Crippen LogP) is 9.59. The summed E-state index contributed by atoms with van der Waals surface area (Å²) >= 11 is 1.57. The highest BCUT2D eigenvalue weighted by atomic mass is 32.1. The number of aliphatic hydroxyl groups excluding tert-OH is 1. The fourth-order valence-corrected chi connectivity index (χ4v) is 15.6. The Morgan fingerprint density at radius 2 is 1.72 bits per heavy atom. The topological polar surface area (TPSA) is 234 Å². The van der Waals surface area contributed by atoms with Crippen LogP contribution >= 0.6 is 11.3 Å². The number of anilines is 1. The predicted molar refractivity (Wildman–Crippen MR) is 331 cm³/mol. The zero-order valence-electron chi connectivity index (χ0n) is 50.9. The van der Waals surface area contributed by atoms with Crippen molar-refractivity contribution in [1.29, 1.82) is 0 Å². The number of hydrogen-bond acceptors (Lipinski definition) is 18. The van der Waals surface area contributed by atoms with E-state index in [1.54, 1.807) is 29.7 Å². The molecule has 6 saturated heterocycles. The van der Waals surface area contributed by atoms with E-state index in [-0.39, 0.29) is 135 Å². The first-order valence-corrected chi connectivity index (χ1v) is 32.3. The van der Waals surface area contributed by atoms with Gasteiger partial charge >= 0.3 is 12.1 Å². The van der Waals surface area contributed by atoms with Crippen LogP contribution < -0.4 is 25.0 Å². The van der Waals surface area contributed by atoms with Crippen LogP contribution in [0.2, 0.25) is 0 Å². The number of alkyl halides is 1. The average molecular weight is 1240 g/mol. The number of piperidine rings is 1. The fraction of sp³-hybridized carbons (Fsp3) is 0.515. The number of hydrogen-bond donors (Lipinski definition) is 4. The Kier molecular flexibility index (Phi) is 16.7. The molecule has 10 heterocycles. The maximum absolute atomic E-state index is 17.4. The molecular formula is C66H77F2N11O9S. The van der Waals surface area contributed by atoms with Crippen molar-refractivity contribution >= 4 is 56.7 Å². The number of aromatic nitrogens is 5. The van der Waals surface area contributed by atoms with Crippen LogP contribution in [0.5, 0.6) is 17.6 Å². The molecule has 0 saturated carbocycles. The van der Waals surface area contributed by atoms with Crippen molar-refractivity contribution in [2.75, 3.05) is 64.0 Å². The van der Waals surface area contributed by atoms with Crippen LogP contribution in [0.1, 0.15) is 120 Å². The second-order valence-corrected chi connectivity index (χ2v) is 26.6. The lowest BCUT2D eigenvalue weighted by Gasteiger charge is -2.36. The van der Waals surface area contributed by atoms with Crippen molar-refractivity contribution in [3.05, 3.63) is 101 Å². The number of pyridine rings is 1. The Balaban J connectivity index is 0.612. The van der Waals surface area contributed by atoms with E-state index in [0.717, 1.165) is 83.1 Å². The lowest BCUT2D eigenvalue weighted by atomic mass is 9.91. The summed E-state index contributed by atoms with van der Waals surface area (Å²) in [6.45, 7) is 12.0. The highest BCUT2D eigenvalue weighted by Gasteiger charge is 2.51. The van der Waals surface area contributed by atoms with Crippen LogP contribution in [0, 0.1) is 18.7 Å². The summed E-state index contributed by atoms with van der Waals surface area (Å²) in [5.74, 6) is -1.81. The summed E-state index contributed by atoms with van der Waals surface area (Å²) < 4.78 is 58.0. The maximum Gasteiger partial charge on any atom is 0.409 e. The third kappa shape index (κ3) is 11.9. The van der Waals surface area contributed by atoms with E-state index in [1.807, 2.05) is 82.6 Å². The number of nitrogens with zero attached hydrogens (tertiary/aromatic N) is 9. The van der Waals surface area contributed by atoms with Gasteiger partial charge in [-0.15, -0.1) is 11.3 Å². The van der Waals surface area contributed by atoms with Crippen molar-refractivity contribution in [3.8, 4) is 39.3 Å². The third-order valence-corrected chi connectivity index (χ3v) is 20.5. The van der Waals surface area contributed by atoms with Gasteiger partial charge in [0.25, 0.3) is 5.88 Å². The number of aromatic hydroxyl groups is 1. The highest BCUT2D eigenvalue weighted by Crippen LogP contribution is 2.45. The van der Waals surface area contributed by atoms with Gasteiger partial charge in [-0.25, -0.2) is 18.6 Å². The number of thiazole rings is 1. The number of aryl methyl sites for hydroxylation is 2. The van der Waals surface area contributed by atoms with Crippen molar-refractivity contribution < 1.29 is 52.1 Å². The molecule has 3 aromatic carbocycles. The number of fused-ring (bicyclic) bond motifs is 5. The van der Waals surface area contributed by atoms with E-state index in [1.165, 1.54) is 15.9 Å². The van der Waals surface area contributed by atoms with E-state index in [2.05, 4.69) is 30.6 Å². The molecule has 0 spiro atoms. The summed E-state index contributed by atoms with van der Waals surface area (Å²) in [5, 5.41) is 34.5. The molecule has 8 atom stereocenters. The number of carbonyl (C=O) groups is 3. The van der Waals surface area contributed by atoms with Gasteiger partial charge in [0.2, 0.25) is 11.8 Å². The number of piperazine rings is 1. The lowest BCUT2D eigenvalue weighted by Crippen LogP contribution is -2.51. The van der Waals surface area contributed by atoms with Gasteiger partial charge < -0.3 is 54.3 Å². The molecule has 23 heteroatoms. The molecule has 2 bridgehead atoms. The molecule has 6 fully saturated rings. The van der Waals surface area contributed by atoms with Gasteiger partial charge in [0.05, 0.1) is 39.2 Å². The number of likely N-dealkylation sites (tertiary alicyclic amines) is 2. The standard InChI is InChI=1S/C66H77F2N11O9S/c1-6-40-9-7-10-43-25-47(80)26-49(55(40)43)57-56(67)58-50(29-69-57)60(77-30-44-15-16-45(31-77)72-44)74-63(73-58)87-35-66-18-8-22-79(66)46(17-19-66)33-85-64(84)76-23-20-65(68,21-24-76)34-86-53-28-52(88-75-53)54(37(2)3)62(83)78-32-48(81)27-51(78)61(82)71-38(4)41-11-13-42(14-12-41)59-39(5)70-36-89-59/h7,9-14,25-26,28-29,36-38,44-46,48,51,54,72,80-81H,6,8,15-24,27,30-35H2,1-5H3,(H,71,82)/t38-,44?,45?,46-,48+,51-,54+,66-/m0/s1. The van der Waals surface area contributed by atoms with E-state index in [4.69, 9.17) is 33.7 Å². The van der Waals surface area contributed by atoms with Gasteiger partial charge in [-0.2, -0.15) is 9.97 Å². The number of β-amino-alcohol motifs (C(OH)–C–C–N with tert-alkyl or cyclic N) is 1. The lowest BCUT2D eigenvalue weighted by molar-refractivity contribution is -0.141. The van der Waals surface area contributed by atoms with E-state index >= 15 is 8.78 Å². The van der Waals surface area contributed by atoms with E-state index in [0.29, 0.717) is 36.3 Å². The van der Waals surface area contributed by atoms with Crippen molar-refractivity contribution in [3.63, 3.8) is 0 Å². The second kappa shape index (κ2) is 24.6. The van der Waals surface area contributed by atoms with Crippen LogP contribution in [0.3, 0.4) is 0 Å². The normalized spacial score (nSPS) is 24.0. The molecular weight excluding hydrogens is 1160 g/mol. The third-order valence-electron chi connectivity index (χ3n) is 19.5. The van der Waals surface area contributed by atoms with Crippen LogP contribution in [0.25, 0.3) is 43.4 Å². The number of nitrogens with one attached hydrogen (secondary N) is 2. The van der Waals surface area contributed by atoms with Gasteiger partial charge in [-0.05, 0) is 116 Å². The average Bonchev–Trinajstić information content (AvgIpc) is 2.13. The molecule has 0 radical (unpaired) electrons. The zero-order valence-corrected chi connectivity index (χ0v) is 51.7. The first kappa shape index (κ1) is 60.3. The number of ether oxygens (including phenoxy) is 3. The Labute approximate surface area is 519 Å². The van der Waals surface area contributed by atoms with E-state index < -0.39 is 41.6 Å². The van der Waals surface area contributed by atoms with Crippen molar-refractivity contribution in [2.45, 2.75) is 152 Å².